The molecule has 0 aliphatic carbocycles. The van der Waals surface area contributed by atoms with Crippen LogP contribution in [0, 0.1) is 0 Å². The summed E-state index contributed by atoms with van der Waals surface area (Å²) in [6.07, 6.45) is 2.54. The molecule has 1 amide bonds. The fraction of sp³-hybridized carbons (Fsp3) is 0.241. The van der Waals surface area contributed by atoms with E-state index in [0.717, 1.165) is 34.9 Å². The molecular formula is C29H30N4O3. The summed E-state index contributed by atoms with van der Waals surface area (Å²) < 4.78 is 12.5. The van der Waals surface area contributed by atoms with E-state index in [2.05, 4.69) is 34.8 Å². The van der Waals surface area contributed by atoms with Gasteiger partial charge in [-0.2, -0.15) is 5.10 Å². The summed E-state index contributed by atoms with van der Waals surface area (Å²) >= 11 is 0. The van der Waals surface area contributed by atoms with Gasteiger partial charge in [0.25, 0.3) is 5.91 Å². The van der Waals surface area contributed by atoms with Gasteiger partial charge in [0.2, 0.25) is 0 Å². The number of carbonyl (C=O) groups excluding carboxylic acids is 1. The lowest BCUT2D eigenvalue weighted by atomic mass is 9.97. The van der Waals surface area contributed by atoms with Crippen molar-refractivity contribution in [2.45, 2.75) is 31.5 Å². The van der Waals surface area contributed by atoms with Crippen LogP contribution in [-0.2, 0) is 0 Å². The van der Waals surface area contributed by atoms with Crippen LogP contribution < -0.4 is 20.1 Å². The summed E-state index contributed by atoms with van der Waals surface area (Å²) in [6, 6.07) is 25.7. The number of nitrogens with one attached hydrogen (secondary N) is 2. The molecule has 7 nitrogen and oxygen atoms in total. The van der Waals surface area contributed by atoms with Crippen LogP contribution in [0.15, 0.2) is 85.1 Å². The molecule has 184 valence electrons. The van der Waals surface area contributed by atoms with Gasteiger partial charge in [-0.25, -0.2) is 4.68 Å². The molecule has 2 unspecified atom stereocenters. The van der Waals surface area contributed by atoms with E-state index in [0.29, 0.717) is 5.56 Å². The predicted molar refractivity (Wildman–Crippen MR) is 140 cm³/mol. The molecule has 5 rings (SSSR count). The maximum atomic E-state index is 13.7. The molecule has 1 aromatic heterocycles. The zero-order valence-electron chi connectivity index (χ0n) is 20.6. The smallest absolute Gasteiger partial charge is 0.257 e. The molecule has 0 saturated heterocycles. The molecule has 2 N–H and O–H groups in total. The first-order chi connectivity index (χ1) is 17.6. The minimum atomic E-state index is -0.365. The highest BCUT2D eigenvalue weighted by molar-refractivity contribution is 5.99. The number of hydrogen-bond donors (Lipinski definition) is 2. The Balaban J connectivity index is 1.45. The van der Waals surface area contributed by atoms with Gasteiger partial charge in [0, 0.05) is 0 Å². The molecule has 7 heteroatoms. The zero-order valence-corrected chi connectivity index (χ0v) is 20.6. The second-order valence-corrected chi connectivity index (χ2v) is 9.00. The molecule has 4 aromatic rings. The Morgan fingerprint density at radius 3 is 2.08 bits per heavy atom. The van der Waals surface area contributed by atoms with E-state index in [1.54, 1.807) is 20.4 Å². The minimum Gasteiger partial charge on any atom is -0.497 e. The number of anilines is 1. The van der Waals surface area contributed by atoms with E-state index in [1.807, 2.05) is 71.4 Å². The maximum Gasteiger partial charge on any atom is 0.257 e. The van der Waals surface area contributed by atoms with E-state index in [1.165, 1.54) is 5.56 Å². The van der Waals surface area contributed by atoms with Gasteiger partial charge in [-0.15, -0.1) is 0 Å². The van der Waals surface area contributed by atoms with Crippen LogP contribution in [0.25, 0.3) is 0 Å². The van der Waals surface area contributed by atoms with Gasteiger partial charge < -0.3 is 20.1 Å². The third-order valence-corrected chi connectivity index (χ3v) is 6.72. The molecule has 36 heavy (non-hydrogen) atoms. The lowest BCUT2D eigenvalue weighted by Gasteiger charge is -2.31. The van der Waals surface area contributed by atoms with Crippen molar-refractivity contribution in [1.82, 2.24) is 15.1 Å². The number of rotatable bonds is 7. The zero-order chi connectivity index (χ0) is 25.1. The SMILES string of the molecule is COc1ccc(C(NC(=O)c2cnn3c2NC(c2ccccc2)CC3C)c2ccc(OC)cc2)cc1. The number of ether oxygens (including phenoxy) is 2. The van der Waals surface area contributed by atoms with Crippen LogP contribution in [0.1, 0.15) is 58.5 Å². The lowest BCUT2D eigenvalue weighted by Crippen LogP contribution is -2.31. The Bertz CT molecular complexity index is 1270. The second kappa shape index (κ2) is 10.2. The largest absolute Gasteiger partial charge is 0.497 e. The average Bonchev–Trinajstić information content (AvgIpc) is 3.37. The lowest BCUT2D eigenvalue weighted by molar-refractivity contribution is 0.0943. The Morgan fingerprint density at radius 2 is 1.53 bits per heavy atom. The van der Waals surface area contributed by atoms with Crippen molar-refractivity contribution >= 4 is 11.7 Å². The molecule has 1 aliphatic rings. The van der Waals surface area contributed by atoms with Crippen LogP contribution in [0.3, 0.4) is 0 Å². The summed E-state index contributed by atoms with van der Waals surface area (Å²) in [6.45, 7) is 2.13. The van der Waals surface area contributed by atoms with Gasteiger partial charge in [0.1, 0.15) is 22.9 Å². The number of nitrogens with zero attached hydrogens (tertiary/aromatic N) is 2. The molecule has 2 heterocycles. The highest BCUT2D eigenvalue weighted by Crippen LogP contribution is 2.36. The fourth-order valence-corrected chi connectivity index (χ4v) is 4.74. The topological polar surface area (TPSA) is 77.4 Å². The molecule has 0 saturated carbocycles. The Morgan fingerprint density at radius 1 is 0.944 bits per heavy atom. The standard InChI is InChI=1S/C29H30N4O3/c1-19-17-26(20-7-5-4-6-8-20)31-28-25(18-30-33(19)28)29(34)32-27(21-9-13-23(35-2)14-10-21)22-11-15-24(36-3)16-12-22/h4-16,18-19,26-27,31H,17H2,1-3H3,(H,32,34). The van der Waals surface area contributed by atoms with Crippen LogP contribution in [-0.4, -0.2) is 29.9 Å². The summed E-state index contributed by atoms with van der Waals surface area (Å²) in [5.74, 6) is 2.06. The quantitative estimate of drug-likeness (QED) is 0.362. The molecular weight excluding hydrogens is 452 g/mol. The van der Waals surface area contributed by atoms with Crippen molar-refractivity contribution < 1.29 is 14.3 Å². The number of carbonyl (C=O) groups is 1. The average molecular weight is 483 g/mol. The third kappa shape index (κ3) is 4.64. The minimum absolute atomic E-state index is 0.107. The molecule has 1 aliphatic heterocycles. The van der Waals surface area contributed by atoms with E-state index < -0.39 is 0 Å². The van der Waals surface area contributed by atoms with Gasteiger partial charge in [-0.3, -0.25) is 4.79 Å². The first kappa shape index (κ1) is 23.5. The van der Waals surface area contributed by atoms with Crippen LogP contribution in [0.2, 0.25) is 0 Å². The van der Waals surface area contributed by atoms with Gasteiger partial charge >= 0.3 is 0 Å². The summed E-state index contributed by atoms with van der Waals surface area (Å²) in [7, 11) is 3.27. The Hall–Kier alpha value is -4.26. The summed E-state index contributed by atoms with van der Waals surface area (Å²) in [5.41, 5.74) is 3.60. The van der Waals surface area contributed by atoms with E-state index >= 15 is 0 Å². The van der Waals surface area contributed by atoms with Crippen molar-refractivity contribution in [1.29, 1.82) is 0 Å². The first-order valence-corrected chi connectivity index (χ1v) is 12.0. The number of aromatic nitrogens is 2. The van der Waals surface area contributed by atoms with Crippen molar-refractivity contribution in [3.8, 4) is 11.5 Å². The number of hydrogen-bond acceptors (Lipinski definition) is 5. The van der Waals surface area contributed by atoms with E-state index in [-0.39, 0.29) is 24.0 Å². The van der Waals surface area contributed by atoms with Crippen molar-refractivity contribution in [2.75, 3.05) is 19.5 Å². The third-order valence-electron chi connectivity index (χ3n) is 6.72. The van der Waals surface area contributed by atoms with Gasteiger partial charge in [-0.05, 0) is 54.3 Å². The molecule has 0 bridgehead atoms. The molecule has 3 aromatic carbocycles. The molecule has 2 atom stereocenters. The predicted octanol–water partition coefficient (Wildman–Crippen LogP) is 5.54. The van der Waals surface area contributed by atoms with Crippen molar-refractivity contribution in [3.05, 3.63) is 107 Å². The van der Waals surface area contributed by atoms with Gasteiger partial charge in [0.05, 0.1) is 38.5 Å². The molecule has 0 spiro atoms. The van der Waals surface area contributed by atoms with Gasteiger partial charge in [0.15, 0.2) is 0 Å². The number of benzene rings is 3. The highest BCUT2D eigenvalue weighted by Gasteiger charge is 2.30. The van der Waals surface area contributed by atoms with E-state index in [4.69, 9.17) is 9.47 Å². The summed E-state index contributed by atoms with van der Waals surface area (Å²) in [4.78, 5) is 13.7. The van der Waals surface area contributed by atoms with Crippen LogP contribution in [0.4, 0.5) is 5.82 Å². The number of fused-ring (bicyclic) bond motifs is 1. The van der Waals surface area contributed by atoms with Crippen LogP contribution >= 0.6 is 0 Å². The van der Waals surface area contributed by atoms with E-state index in [9.17, 15) is 4.79 Å². The monoisotopic (exact) mass is 482 g/mol. The number of methoxy groups -OCH3 is 2. The molecule has 0 fully saturated rings. The van der Waals surface area contributed by atoms with Gasteiger partial charge in [-0.1, -0.05) is 54.6 Å². The second-order valence-electron chi connectivity index (χ2n) is 9.00. The normalized spacial score (nSPS) is 16.7. The Kier molecular flexibility index (Phi) is 6.62. The first-order valence-electron chi connectivity index (χ1n) is 12.0. The van der Waals surface area contributed by atoms with Crippen molar-refractivity contribution in [2.24, 2.45) is 0 Å². The highest BCUT2D eigenvalue weighted by atomic mass is 16.5. The fourth-order valence-electron chi connectivity index (χ4n) is 4.74. The Labute approximate surface area is 211 Å². The summed E-state index contributed by atoms with van der Waals surface area (Å²) in [5, 5.41) is 11.3. The number of amides is 1. The maximum absolute atomic E-state index is 13.7. The van der Waals surface area contributed by atoms with Crippen molar-refractivity contribution in [3.63, 3.8) is 0 Å². The molecule has 0 radical (unpaired) electrons. The van der Waals surface area contributed by atoms with Crippen LogP contribution in [0.5, 0.6) is 11.5 Å².